The minimum atomic E-state index is -0.688. The summed E-state index contributed by atoms with van der Waals surface area (Å²) in [6.45, 7) is 8.41. The van der Waals surface area contributed by atoms with Crippen LogP contribution >= 0.6 is 0 Å². The second-order valence-electron chi connectivity index (χ2n) is 9.64. The Morgan fingerprint density at radius 2 is 1.91 bits per heavy atom. The maximum Gasteiger partial charge on any atom is 0.306 e. The van der Waals surface area contributed by atoms with Gasteiger partial charge in [0.2, 0.25) is 0 Å². The second-order valence-corrected chi connectivity index (χ2v) is 9.64. The Morgan fingerprint density at radius 3 is 2.56 bits per heavy atom. The largest absolute Gasteiger partial charge is 0.481 e. The van der Waals surface area contributed by atoms with Crippen molar-refractivity contribution in [2.75, 3.05) is 36.4 Å². The van der Waals surface area contributed by atoms with Gasteiger partial charge in [0.05, 0.1) is 5.92 Å². The Labute approximate surface area is 201 Å². The first-order valence-electron chi connectivity index (χ1n) is 12.4. The maximum absolute atomic E-state index is 12.9. The molecule has 1 saturated heterocycles. The normalized spacial score (nSPS) is 16.9. The van der Waals surface area contributed by atoms with Crippen molar-refractivity contribution >= 4 is 23.4 Å². The first-order chi connectivity index (χ1) is 16.4. The first-order valence-corrected chi connectivity index (χ1v) is 12.4. The lowest BCUT2D eigenvalue weighted by atomic mass is 9.96. The minimum absolute atomic E-state index is 0.222. The summed E-state index contributed by atoms with van der Waals surface area (Å²) in [6, 6.07) is 7.84. The summed E-state index contributed by atoms with van der Waals surface area (Å²) >= 11 is 0. The smallest absolute Gasteiger partial charge is 0.306 e. The Hall–Kier alpha value is -3.00. The predicted octanol–water partition coefficient (Wildman–Crippen LogP) is 3.96. The molecule has 1 aromatic carbocycles. The van der Waals surface area contributed by atoms with E-state index in [9.17, 15) is 14.7 Å². The van der Waals surface area contributed by atoms with Crippen LogP contribution in [-0.2, 0) is 11.3 Å². The van der Waals surface area contributed by atoms with E-state index < -0.39 is 5.97 Å². The van der Waals surface area contributed by atoms with Crippen molar-refractivity contribution in [3.8, 4) is 0 Å². The fourth-order valence-electron chi connectivity index (χ4n) is 4.57. The third-order valence-corrected chi connectivity index (χ3v) is 6.76. The van der Waals surface area contributed by atoms with Crippen molar-refractivity contribution in [1.82, 2.24) is 14.9 Å². The number of carbonyl (C=O) groups is 2. The molecule has 0 unspecified atom stereocenters. The zero-order valence-electron chi connectivity index (χ0n) is 20.2. The number of aromatic nitrogens is 2. The molecular weight excluding hydrogens is 430 g/mol. The molecule has 2 aromatic rings. The first kappa shape index (κ1) is 24.1. The number of carboxylic acids is 1. The van der Waals surface area contributed by atoms with Gasteiger partial charge in [-0.15, -0.1) is 0 Å². The van der Waals surface area contributed by atoms with E-state index in [1.807, 2.05) is 19.1 Å². The molecule has 182 valence electrons. The number of hydrogen-bond acceptors (Lipinski definition) is 6. The van der Waals surface area contributed by atoms with Gasteiger partial charge in [-0.1, -0.05) is 19.1 Å². The van der Waals surface area contributed by atoms with Gasteiger partial charge in [-0.25, -0.2) is 9.97 Å². The molecular formula is C26H35N5O3. The van der Waals surface area contributed by atoms with Crippen LogP contribution in [0, 0.1) is 18.8 Å². The Morgan fingerprint density at radius 1 is 1.15 bits per heavy atom. The lowest BCUT2D eigenvalue weighted by Crippen LogP contribution is -2.35. The molecule has 0 atom stereocenters. The van der Waals surface area contributed by atoms with E-state index in [4.69, 9.17) is 0 Å². The molecule has 1 aromatic heterocycles. The lowest BCUT2D eigenvalue weighted by molar-refractivity contribution is -0.143. The number of nitrogens with zero attached hydrogens (tertiary/aromatic N) is 4. The van der Waals surface area contributed by atoms with Crippen molar-refractivity contribution in [1.29, 1.82) is 0 Å². The maximum atomic E-state index is 12.9. The molecule has 2 fully saturated rings. The van der Waals surface area contributed by atoms with Gasteiger partial charge in [-0.05, 0) is 75.2 Å². The van der Waals surface area contributed by atoms with Crippen LogP contribution in [0.15, 0.2) is 30.6 Å². The highest BCUT2D eigenvalue weighted by molar-refractivity contribution is 6.03. The van der Waals surface area contributed by atoms with Gasteiger partial charge in [-0.2, -0.15) is 0 Å². The molecule has 0 radical (unpaired) electrons. The molecule has 2 heterocycles. The molecule has 1 aliphatic carbocycles. The average molecular weight is 466 g/mol. The Kier molecular flexibility index (Phi) is 7.77. The summed E-state index contributed by atoms with van der Waals surface area (Å²) < 4.78 is 0. The number of piperidine rings is 1. The quantitative estimate of drug-likeness (QED) is 0.548. The van der Waals surface area contributed by atoms with Gasteiger partial charge in [0.15, 0.2) is 0 Å². The highest BCUT2D eigenvalue weighted by atomic mass is 16.4. The van der Waals surface area contributed by atoms with Crippen LogP contribution in [0.1, 0.15) is 60.6 Å². The Balaban J connectivity index is 1.37. The van der Waals surface area contributed by atoms with Gasteiger partial charge >= 0.3 is 5.97 Å². The predicted molar refractivity (Wildman–Crippen MR) is 132 cm³/mol. The number of benzene rings is 1. The van der Waals surface area contributed by atoms with E-state index in [0.29, 0.717) is 18.5 Å². The fourth-order valence-corrected chi connectivity index (χ4v) is 4.57. The molecule has 0 spiro atoms. The van der Waals surface area contributed by atoms with Gasteiger partial charge in [-0.3, -0.25) is 14.5 Å². The summed E-state index contributed by atoms with van der Waals surface area (Å²) in [5.74, 6) is 0.405. The third-order valence-electron chi connectivity index (χ3n) is 6.76. The zero-order chi connectivity index (χ0) is 24.1. The van der Waals surface area contributed by atoms with E-state index in [0.717, 1.165) is 67.7 Å². The van der Waals surface area contributed by atoms with Gasteiger partial charge in [0, 0.05) is 31.4 Å². The van der Waals surface area contributed by atoms with Crippen LogP contribution in [0.25, 0.3) is 0 Å². The average Bonchev–Trinajstić information content (AvgIpc) is 3.65. The Bertz CT molecular complexity index is 1020. The molecule has 0 bridgehead atoms. The summed E-state index contributed by atoms with van der Waals surface area (Å²) in [5.41, 5.74) is 3.28. The molecule has 34 heavy (non-hydrogen) atoms. The molecule has 1 saturated carbocycles. The number of likely N-dealkylation sites (tertiary alicyclic amines) is 1. The van der Waals surface area contributed by atoms with Crippen LogP contribution in [0.4, 0.5) is 11.5 Å². The van der Waals surface area contributed by atoms with E-state index >= 15 is 0 Å². The second kappa shape index (κ2) is 11.0. The molecule has 1 aliphatic heterocycles. The SMILES string of the molecule is CCCN(CC1CC1)c1cc(C(=O)Nc2ccc(CN3CCC(C(=O)O)CC3)cc2C)ncn1. The van der Waals surface area contributed by atoms with E-state index in [-0.39, 0.29) is 11.8 Å². The number of amides is 1. The fraction of sp³-hybridized carbons (Fsp3) is 0.538. The van der Waals surface area contributed by atoms with Crippen LogP contribution in [0.5, 0.6) is 0 Å². The van der Waals surface area contributed by atoms with Gasteiger partial charge in [0.25, 0.3) is 5.91 Å². The number of anilines is 2. The van der Waals surface area contributed by atoms with Crippen LogP contribution < -0.4 is 10.2 Å². The van der Waals surface area contributed by atoms with Crippen molar-refractivity contribution < 1.29 is 14.7 Å². The van der Waals surface area contributed by atoms with Crippen LogP contribution in [0.3, 0.4) is 0 Å². The van der Waals surface area contributed by atoms with Gasteiger partial charge < -0.3 is 15.3 Å². The summed E-state index contributed by atoms with van der Waals surface area (Å²) in [7, 11) is 0. The van der Waals surface area contributed by atoms with Crippen molar-refractivity contribution in [3.05, 3.63) is 47.4 Å². The van der Waals surface area contributed by atoms with Crippen molar-refractivity contribution in [2.45, 2.75) is 52.5 Å². The number of aryl methyl sites for hydroxylation is 1. The summed E-state index contributed by atoms with van der Waals surface area (Å²) in [4.78, 5) is 37.3. The van der Waals surface area contributed by atoms with E-state index in [1.165, 1.54) is 19.2 Å². The molecule has 8 nitrogen and oxygen atoms in total. The summed E-state index contributed by atoms with van der Waals surface area (Å²) in [6.07, 6.45) is 6.44. The van der Waals surface area contributed by atoms with E-state index in [1.54, 1.807) is 6.07 Å². The monoisotopic (exact) mass is 465 g/mol. The number of carboxylic acid groups (broad SMARTS) is 1. The highest BCUT2D eigenvalue weighted by Gasteiger charge is 2.26. The molecule has 8 heteroatoms. The minimum Gasteiger partial charge on any atom is -0.481 e. The standard InChI is InChI=1S/C26H35N5O3/c1-3-10-31(16-19-4-5-19)24-14-23(27-17-28-24)25(32)29-22-7-6-20(13-18(22)2)15-30-11-8-21(9-12-30)26(33)34/h6-7,13-14,17,19,21H,3-5,8-12,15-16H2,1-2H3,(H,29,32)(H,33,34). The topological polar surface area (TPSA) is 98.7 Å². The van der Waals surface area contributed by atoms with Crippen LogP contribution in [-0.4, -0.2) is 58.0 Å². The number of nitrogens with one attached hydrogen (secondary N) is 1. The zero-order valence-corrected chi connectivity index (χ0v) is 20.2. The number of aliphatic carboxylic acids is 1. The number of rotatable bonds is 10. The number of carbonyl (C=O) groups excluding carboxylic acids is 1. The van der Waals surface area contributed by atoms with Crippen LogP contribution in [0.2, 0.25) is 0 Å². The third kappa shape index (κ3) is 6.32. The lowest BCUT2D eigenvalue weighted by Gasteiger charge is -2.30. The molecule has 2 aliphatic rings. The number of hydrogen-bond donors (Lipinski definition) is 2. The molecule has 2 N–H and O–H groups in total. The summed E-state index contributed by atoms with van der Waals surface area (Å²) in [5, 5.41) is 12.2. The highest BCUT2D eigenvalue weighted by Crippen LogP contribution is 2.31. The van der Waals surface area contributed by atoms with Crippen molar-refractivity contribution in [2.24, 2.45) is 11.8 Å². The van der Waals surface area contributed by atoms with E-state index in [2.05, 4.69) is 38.1 Å². The van der Waals surface area contributed by atoms with Crippen molar-refractivity contribution in [3.63, 3.8) is 0 Å². The molecule has 4 rings (SSSR count). The van der Waals surface area contributed by atoms with Gasteiger partial charge in [0.1, 0.15) is 17.8 Å². The molecule has 1 amide bonds.